The number of rotatable bonds is 3. The van der Waals surface area contributed by atoms with Crippen molar-refractivity contribution < 1.29 is 13.9 Å². The standard InChI is InChI=1S/C20H20FNO2/c1-11(2)15-8-13(12(3)7-19(15)24-4)9-17-16-10-14(21)5-6-18(16)22-20(17)23/h5-11H,1-4H3,(H,22,23)/b17-9+. The molecule has 1 amide bonds. The minimum absolute atomic E-state index is 0.211. The van der Waals surface area contributed by atoms with Crippen molar-refractivity contribution in [3.63, 3.8) is 0 Å². The summed E-state index contributed by atoms with van der Waals surface area (Å²) in [6.07, 6.45) is 1.82. The van der Waals surface area contributed by atoms with Gasteiger partial charge in [-0.1, -0.05) is 13.8 Å². The van der Waals surface area contributed by atoms with Crippen molar-refractivity contribution in [1.82, 2.24) is 0 Å². The van der Waals surface area contributed by atoms with Crippen LogP contribution in [0.2, 0.25) is 0 Å². The summed E-state index contributed by atoms with van der Waals surface area (Å²) in [4.78, 5) is 12.3. The van der Waals surface area contributed by atoms with E-state index in [1.54, 1.807) is 13.2 Å². The molecule has 0 radical (unpaired) electrons. The zero-order chi connectivity index (χ0) is 17.4. The van der Waals surface area contributed by atoms with Crippen LogP contribution in [-0.2, 0) is 4.79 Å². The maximum atomic E-state index is 13.6. The highest BCUT2D eigenvalue weighted by Gasteiger charge is 2.25. The second-order valence-corrected chi connectivity index (χ2v) is 6.31. The van der Waals surface area contributed by atoms with Gasteiger partial charge in [-0.25, -0.2) is 4.39 Å². The average molecular weight is 325 g/mol. The number of hydrogen-bond acceptors (Lipinski definition) is 2. The number of hydrogen-bond donors (Lipinski definition) is 1. The third-order valence-corrected chi connectivity index (χ3v) is 4.30. The number of fused-ring (bicyclic) bond motifs is 1. The summed E-state index contributed by atoms with van der Waals surface area (Å²) in [5.74, 6) is 0.564. The Bertz CT molecular complexity index is 853. The lowest BCUT2D eigenvalue weighted by atomic mass is 9.94. The number of methoxy groups -OCH3 is 1. The van der Waals surface area contributed by atoms with Crippen LogP contribution in [0.5, 0.6) is 5.75 Å². The third kappa shape index (κ3) is 2.80. The van der Waals surface area contributed by atoms with Crippen LogP contribution >= 0.6 is 0 Å². The lowest BCUT2D eigenvalue weighted by molar-refractivity contribution is -0.110. The van der Waals surface area contributed by atoms with Crippen LogP contribution in [-0.4, -0.2) is 13.0 Å². The zero-order valence-electron chi connectivity index (χ0n) is 14.2. The van der Waals surface area contributed by atoms with Gasteiger partial charge >= 0.3 is 0 Å². The largest absolute Gasteiger partial charge is 0.496 e. The van der Waals surface area contributed by atoms with E-state index in [1.807, 2.05) is 25.1 Å². The van der Waals surface area contributed by atoms with Gasteiger partial charge in [0.25, 0.3) is 5.91 Å². The van der Waals surface area contributed by atoms with Gasteiger partial charge in [0.2, 0.25) is 0 Å². The number of ether oxygens (including phenoxy) is 1. The number of halogens is 1. The second-order valence-electron chi connectivity index (χ2n) is 6.31. The topological polar surface area (TPSA) is 38.3 Å². The summed E-state index contributed by atoms with van der Waals surface area (Å²) >= 11 is 0. The second kappa shape index (κ2) is 6.11. The van der Waals surface area contributed by atoms with Gasteiger partial charge in [0.05, 0.1) is 7.11 Å². The molecule has 0 unspecified atom stereocenters. The predicted molar refractivity (Wildman–Crippen MR) is 94.7 cm³/mol. The van der Waals surface area contributed by atoms with Crippen molar-refractivity contribution in [2.45, 2.75) is 26.7 Å². The summed E-state index contributed by atoms with van der Waals surface area (Å²) < 4.78 is 19.0. The Hall–Kier alpha value is -2.62. The Morgan fingerprint density at radius 1 is 1.21 bits per heavy atom. The SMILES string of the molecule is COc1cc(C)c(/C=C2/C(=O)Nc3ccc(F)cc32)cc1C(C)C. The molecule has 4 heteroatoms. The number of carbonyl (C=O) groups excluding carboxylic acids is 1. The third-order valence-electron chi connectivity index (χ3n) is 4.30. The van der Waals surface area contributed by atoms with E-state index in [0.717, 1.165) is 22.4 Å². The number of amides is 1. The number of benzene rings is 2. The first kappa shape index (κ1) is 16.2. The fraction of sp³-hybridized carbons (Fsp3) is 0.250. The average Bonchev–Trinajstić information content (AvgIpc) is 2.84. The first-order chi connectivity index (χ1) is 11.4. The number of aryl methyl sites for hydroxylation is 1. The highest BCUT2D eigenvalue weighted by atomic mass is 19.1. The fourth-order valence-electron chi connectivity index (χ4n) is 2.96. The Kier molecular flexibility index (Phi) is 4.14. The molecule has 1 heterocycles. The molecule has 0 aliphatic carbocycles. The summed E-state index contributed by atoms with van der Waals surface area (Å²) in [7, 11) is 1.65. The molecule has 0 saturated carbocycles. The normalized spacial score (nSPS) is 14.9. The summed E-state index contributed by atoms with van der Waals surface area (Å²) in [6, 6.07) is 8.33. The summed E-state index contributed by atoms with van der Waals surface area (Å²) in [5.41, 5.74) is 4.73. The molecule has 0 atom stereocenters. The molecule has 24 heavy (non-hydrogen) atoms. The van der Waals surface area contributed by atoms with Crippen LogP contribution in [0.15, 0.2) is 30.3 Å². The Morgan fingerprint density at radius 2 is 1.96 bits per heavy atom. The molecular weight excluding hydrogens is 305 g/mol. The molecule has 0 aromatic heterocycles. The molecule has 1 N–H and O–H groups in total. The molecule has 124 valence electrons. The van der Waals surface area contributed by atoms with Gasteiger partial charge in [-0.05, 0) is 65.9 Å². The molecule has 0 spiro atoms. The summed E-state index contributed by atoms with van der Waals surface area (Å²) in [5, 5.41) is 2.78. The first-order valence-corrected chi connectivity index (χ1v) is 7.92. The van der Waals surface area contributed by atoms with Crippen LogP contribution in [0.1, 0.15) is 42.0 Å². The number of nitrogens with one attached hydrogen (secondary N) is 1. The Labute approximate surface area is 141 Å². The minimum Gasteiger partial charge on any atom is -0.496 e. The lowest BCUT2D eigenvalue weighted by Crippen LogP contribution is -2.04. The van der Waals surface area contributed by atoms with E-state index < -0.39 is 0 Å². The molecular formula is C20H20FNO2. The van der Waals surface area contributed by atoms with E-state index in [2.05, 4.69) is 19.2 Å². The van der Waals surface area contributed by atoms with Crippen LogP contribution in [0.25, 0.3) is 11.6 Å². The van der Waals surface area contributed by atoms with Gasteiger partial charge < -0.3 is 10.1 Å². The molecule has 1 aliphatic heterocycles. The zero-order valence-corrected chi connectivity index (χ0v) is 14.2. The van der Waals surface area contributed by atoms with Crippen LogP contribution < -0.4 is 10.1 Å². The van der Waals surface area contributed by atoms with Gasteiger partial charge in [-0.2, -0.15) is 0 Å². The van der Waals surface area contributed by atoms with Crippen molar-refractivity contribution >= 4 is 23.2 Å². The van der Waals surface area contributed by atoms with E-state index >= 15 is 0 Å². The van der Waals surface area contributed by atoms with Crippen LogP contribution in [0.3, 0.4) is 0 Å². The van der Waals surface area contributed by atoms with Crippen molar-refractivity contribution in [3.05, 3.63) is 58.4 Å². The van der Waals surface area contributed by atoms with Gasteiger partial charge in [-0.15, -0.1) is 0 Å². The van der Waals surface area contributed by atoms with E-state index in [1.165, 1.54) is 12.1 Å². The van der Waals surface area contributed by atoms with Gasteiger partial charge in [0.15, 0.2) is 0 Å². The first-order valence-electron chi connectivity index (χ1n) is 7.92. The van der Waals surface area contributed by atoms with Crippen LogP contribution in [0.4, 0.5) is 10.1 Å². The molecule has 0 saturated heterocycles. The fourth-order valence-corrected chi connectivity index (χ4v) is 2.96. The summed E-state index contributed by atoms with van der Waals surface area (Å²) in [6.45, 7) is 6.16. The number of carbonyl (C=O) groups is 1. The quantitative estimate of drug-likeness (QED) is 0.826. The highest BCUT2D eigenvalue weighted by Crippen LogP contribution is 2.36. The van der Waals surface area contributed by atoms with E-state index in [0.29, 0.717) is 22.7 Å². The minimum atomic E-state index is -0.356. The monoisotopic (exact) mass is 325 g/mol. The molecule has 0 fully saturated rings. The Balaban J connectivity index is 2.14. The maximum absolute atomic E-state index is 13.6. The molecule has 2 aromatic carbocycles. The van der Waals surface area contributed by atoms with Crippen molar-refractivity contribution in [2.24, 2.45) is 0 Å². The van der Waals surface area contributed by atoms with E-state index in [-0.39, 0.29) is 11.7 Å². The molecule has 0 bridgehead atoms. The predicted octanol–water partition coefficient (Wildman–Crippen LogP) is 4.76. The van der Waals surface area contributed by atoms with Crippen molar-refractivity contribution in [1.29, 1.82) is 0 Å². The van der Waals surface area contributed by atoms with Gasteiger partial charge in [-0.3, -0.25) is 4.79 Å². The molecule has 1 aliphatic rings. The molecule has 2 aromatic rings. The maximum Gasteiger partial charge on any atom is 0.256 e. The number of anilines is 1. The van der Waals surface area contributed by atoms with Gasteiger partial charge in [0.1, 0.15) is 11.6 Å². The van der Waals surface area contributed by atoms with E-state index in [9.17, 15) is 9.18 Å². The van der Waals surface area contributed by atoms with Crippen molar-refractivity contribution in [3.8, 4) is 5.75 Å². The van der Waals surface area contributed by atoms with Crippen molar-refractivity contribution in [2.75, 3.05) is 12.4 Å². The molecule has 3 nitrogen and oxygen atoms in total. The van der Waals surface area contributed by atoms with Crippen LogP contribution in [0, 0.1) is 12.7 Å². The highest BCUT2D eigenvalue weighted by molar-refractivity contribution is 6.34. The molecule has 3 rings (SSSR count). The Morgan fingerprint density at radius 3 is 2.62 bits per heavy atom. The van der Waals surface area contributed by atoms with Gasteiger partial charge in [0, 0.05) is 16.8 Å². The van der Waals surface area contributed by atoms with E-state index in [4.69, 9.17) is 4.74 Å². The smallest absolute Gasteiger partial charge is 0.256 e. The lowest BCUT2D eigenvalue weighted by Gasteiger charge is -2.15.